The van der Waals surface area contributed by atoms with Gasteiger partial charge >= 0.3 is 5.97 Å². The van der Waals surface area contributed by atoms with E-state index in [9.17, 15) is 24.3 Å². The van der Waals surface area contributed by atoms with E-state index in [1.54, 1.807) is 13.8 Å². The van der Waals surface area contributed by atoms with Gasteiger partial charge in [0.2, 0.25) is 11.8 Å². The van der Waals surface area contributed by atoms with Crippen molar-refractivity contribution >= 4 is 35.1 Å². The van der Waals surface area contributed by atoms with Gasteiger partial charge in [-0.2, -0.15) is 0 Å². The lowest BCUT2D eigenvalue weighted by Crippen LogP contribution is -2.50. The molecule has 0 radical (unpaired) electrons. The van der Waals surface area contributed by atoms with E-state index in [0.29, 0.717) is 5.69 Å². The van der Waals surface area contributed by atoms with Crippen molar-refractivity contribution in [3.63, 3.8) is 0 Å². The molecule has 5 rings (SSSR count). The average Bonchev–Trinajstić information content (AvgIpc) is 3.18. The molecule has 3 amide bonds. The minimum absolute atomic E-state index is 0.0173. The molecule has 11 nitrogen and oxygen atoms in total. The van der Waals surface area contributed by atoms with Crippen LogP contribution in [-0.4, -0.2) is 47.6 Å². The Kier molecular flexibility index (Phi) is 12.6. The lowest BCUT2D eigenvalue weighted by atomic mass is 9.77. The van der Waals surface area contributed by atoms with Crippen molar-refractivity contribution in [2.45, 2.75) is 38.0 Å². The number of nitrogens with one attached hydrogen (secondary N) is 3. The van der Waals surface area contributed by atoms with Crippen LogP contribution in [0.15, 0.2) is 140 Å². The third-order valence-corrected chi connectivity index (χ3v) is 8.39. The fourth-order valence-electron chi connectivity index (χ4n) is 5.94. The number of carboxylic acid groups (broad SMARTS) is 1. The molecule has 0 saturated carbocycles. The van der Waals surface area contributed by atoms with Gasteiger partial charge in [-0.15, -0.1) is 0 Å². The molecule has 6 N–H and O–H groups in total. The number of hydrogen-bond acceptors (Lipinski definition) is 7. The first-order chi connectivity index (χ1) is 26.0. The van der Waals surface area contributed by atoms with Crippen molar-refractivity contribution in [1.29, 1.82) is 0 Å². The standard InChI is InChI=1S/C43H42N4O7/c1-4-26-53-38-34(42(51)52)24-25-36(39(38)54-28(2)3)46-40(49)29-20-22-33(23-21-29)45-41(50)35(44)27-37(48)47-43(30-14-8-5-9-15-30,31-16-10-6-11-17-31)32-18-12-7-13-19-32/h4-25,28,35H,1,26-27,44H2,2-3H3,(H,45,50)(H,46,49)(H,47,48)(H,51,52)/t35-/m0/s1. The SMILES string of the molecule is C=CCOc1c(C(=O)O)ccc(NC(=O)c2ccc(NC(=O)[C@@H](N)CC(=O)NC(c3ccccc3)(c3ccccc3)c3ccccc3)cc2)c1OC(C)C. The van der Waals surface area contributed by atoms with Crippen LogP contribution in [0.3, 0.4) is 0 Å². The second kappa shape index (κ2) is 17.7. The van der Waals surface area contributed by atoms with Gasteiger partial charge in [0.25, 0.3) is 5.91 Å². The first-order valence-electron chi connectivity index (χ1n) is 17.3. The maximum Gasteiger partial charge on any atom is 0.339 e. The minimum atomic E-state index is -1.22. The van der Waals surface area contributed by atoms with E-state index in [0.717, 1.165) is 16.7 Å². The van der Waals surface area contributed by atoms with Crippen LogP contribution in [0.5, 0.6) is 11.5 Å². The highest BCUT2D eigenvalue weighted by Crippen LogP contribution is 2.40. The largest absolute Gasteiger partial charge is 0.485 e. The van der Waals surface area contributed by atoms with E-state index in [4.69, 9.17) is 15.2 Å². The van der Waals surface area contributed by atoms with Gasteiger partial charge in [0.05, 0.1) is 24.3 Å². The predicted molar refractivity (Wildman–Crippen MR) is 208 cm³/mol. The molecule has 0 aliphatic heterocycles. The first-order valence-corrected chi connectivity index (χ1v) is 17.3. The summed E-state index contributed by atoms with van der Waals surface area (Å²) < 4.78 is 11.5. The van der Waals surface area contributed by atoms with E-state index < -0.39 is 35.3 Å². The van der Waals surface area contributed by atoms with Crippen molar-refractivity contribution in [1.82, 2.24) is 5.32 Å². The molecule has 5 aromatic carbocycles. The second-order valence-corrected chi connectivity index (χ2v) is 12.6. The number of nitrogens with two attached hydrogens (primary N) is 1. The Bertz CT molecular complexity index is 1990. The van der Waals surface area contributed by atoms with Crippen LogP contribution >= 0.6 is 0 Å². The highest BCUT2D eigenvalue weighted by atomic mass is 16.5. The summed E-state index contributed by atoms with van der Waals surface area (Å²) in [4.78, 5) is 52.2. The van der Waals surface area contributed by atoms with Crippen LogP contribution in [-0.2, 0) is 15.1 Å². The lowest BCUT2D eigenvalue weighted by Gasteiger charge is -2.37. The number of carbonyl (C=O) groups is 4. The molecule has 11 heteroatoms. The molecule has 0 heterocycles. The van der Waals surface area contributed by atoms with Crippen molar-refractivity contribution in [3.05, 3.63) is 168 Å². The van der Waals surface area contributed by atoms with Gasteiger partial charge in [-0.25, -0.2) is 4.79 Å². The van der Waals surface area contributed by atoms with Crippen LogP contribution in [0.2, 0.25) is 0 Å². The highest BCUT2D eigenvalue weighted by Gasteiger charge is 2.38. The number of anilines is 2. The topological polar surface area (TPSA) is 169 Å². The Hall–Kier alpha value is -6.72. The second-order valence-electron chi connectivity index (χ2n) is 12.6. The molecule has 276 valence electrons. The summed E-state index contributed by atoms with van der Waals surface area (Å²) in [5, 5.41) is 18.4. The van der Waals surface area contributed by atoms with Crippen molar-refractivity contribution in [2.75, 3.05) is 17.2 Å². The molecule has 0 aromatic heterocycles. The van der Waals surface area contributed by atoms with Gasteiger partial charge in [-0.1, -0.05) is 104 Å². The monoisotopic (exact) mass is 726 g/mol. The first kappa shape index (κ1) is 38.5. The zero-order valence-electron chi connectivity index (χ0n) is 30.0. The summed E-state index contributed by atoms with van der Waals surface area (Å²) in [6, 6.07) is 36.4. The number of benzene rings is 5. The molecule has 0 aliphatic rings. The number of ether oxygens (including phenoxy) is 2. The maximum absolute atomic E-state index is 13.8. The molecule has 54 heavy (non-hydrogen) atoms. The summed E-state index contributed by atoms with van der Waals surface area (Å²) >= 11 is 0. The van der Waals surface area contributed by atoms with Crippen LogP contribution in [0.1, 0.15) is 57.7 Å². The van der Waals surface area contributed by atoms with Gasteiger partial charge in [0.15, 0.2) is 11.5 Å². The minimum Gasteiger partial charge on any atom is -0.485 e. The quantitative estimate of drug-likeness (QED) is 0.0549. The summed E-state index contributed by atoms with van der Waals surface area (Å²) in [5.41, 5.74) is 8.39. The third-order valence-electron chi connectivity index (χ3n) is 8.39. The Labute approximate surface area is 313 Å². The summed E-state index contributed by atoms with van der Waals surface area (Å²) in [6.45, 7) is 7.14. The number of amides is 3. The van der Waals surface area contributed by atoms with E-state index in [1.165, 1.54) is 42.5 Å². The number of aromatic carboxylic acids is 1. The van der Waals surface area contributed by atoms with Crippen LogP contribution in [0.4, 0.5) is 11.4 Å². The lowest BCUT2D eigenvalue weighted by molar-refractivity contribution is -0.126. The van der Waals surface area contributed by atoms with Gasteiger partial charge < -0.3 is 36.3 Å². The number of carbonyl (C=O) groups excluding carboxylic acids is 3. The normalized spacial score (nSPS) is 11.6. The molecule has 1 atom stereocenters. The maximum atomic E-state index is 13.8. The molecule has 0 spiro atoms. The highest BCUT2D eigenvalue weighted by molar-refractivity contribution is 6.06. The van der Waals surface area contributed by atoms with Crippen molar-refractivity contribution < 1.29 is 33.8 Å². The number of hydrogen-bond donors (Lipinski definition) is 5. The van der Waals surface area contributed by atoms with Gasteiger partial charge in [-0.3, -0.25) is 14.4 Å². The molecule has 0 fully saturated rings. The molecule has 0 aliphatic carbocycles. The molecular formula is C43H42N4O7. The van der Waals surface area contributed by atoms with Crippen LogP contribution < -0.4 is 31.2 Å². The van der Waals surface area contributed by atoms with Gasteiger partial charge in [-0.05, 0) is 66.9 Å². The third kappa shape index (κ3) is 9.01. The number of rotatable bonds is 16. The van der Waals surface area contributed by atoms with E-state index in [1.807, 2.05) is 91.0 Å². The number of carboxylic acids is 1. The van der Waals surface area contributed by atoms with E-state index in [-0.39, 0.29) is 47.4 Å². The van der Waals surface area contributed by atoms with Crippen molar-refractivity contribution in [3.8, 4) is 11.5 Å². The fourth-order valence-corrected chi connectivity index (χ4v) is 5.94. The molecular weight excluding hydrogens is 684 g/mol. The Morgan fingerprint density at radius 2 is 1.30 bits per heavy atom. The van der Waals surface area contributed by atoms with Crippen LogP contribution in [0, 0.1) is 0 Å². The molecule has 0 saturated heterocycles. The van der Waals surface area contributed by atoms with Crippen LogP contribution in [0.25, 0.3) is 0 Å². The van der Waals surface area contributed by atoms with E-state index >= 15 is 0 Å². The molecule has 5 aromatic rings. The Balaban J connectivity index is 1.29. The fraction of sp³-hybridized carbons (Fsp3) is 0.163. The Morgan fingerprint density at radius 3 is 1.78 bits per heavy atom. The van der Waals surface area contributed by atoms with E-state index in [2.05, 4.69) is 22.5 Å². The smallest absolute Gasteiger partial charge is 0.339 e. The Morgan fingerprint density at radius 1 is 0.759 bits per heavy atom. The van der Waals surface area contributed by atoms with Gasteiger partial charge in [0.1, 0.15) is 17.7 Å². The zero-order chi connectivity index (χ0) is 38.7. The summed E-state index contributed by atoms with van der Waals surface area (Å²) in [6.07, 6.45) is 0.794. The molecule has 0 unspecified atom stereocenters. The predicted octanol–water partition coefficient (Wildman–Crippen LogP) is 6.75. The summed E-state index contributed by atoms with van der Waals surface area (Å²) in [5.74, 6) is -2.74. The van der Waals surface area contributed by atoms with Crippen molar-refractivity contribution in [2.24, 2.45) is 5.73 Å². The molecule has 0 bridgehead atoms. The average molecular weight is 727 g/mol. The van der Waals surface area contributed by atoms with Gasteiger partial charge in [0, 0.05) is 11.3 Å². The zero-order valence-corrected chi connectivity index (χ0v) is 30.0. The summed E-state index contributed by atoms with van der Waals surface area (Å²) in [7, 11) is 0.